The van der Waals surface area contributed by atoms with Crippen molar-refractivity contribution in [1.29, 1.82) is 5.26 Å². The Labute approximate surface area is 103 Å². The molecule has 1 aromatic heterocycles. The van der Waals surface area contributed by atoms with Crippen molar-refractivity contribution >= 4 is 11.5 Å². The molecule has 0 saturated heterocycles. The molecule has 0 aliphatic carbocycles. The zero-order valence-electron chi connectivity index (χ0n) is 9.27. The Morgan fingerprint density at radius 3 is 2.44 bits per heavy atom. The number of nitriles is 1. The maximum absolute atomic E-state index is 12.5. The van der Waals surface area contributed by atoms with Crippen LogP contribution in [0.3, 0.4) is 0 Å². The molecule has 1 aromatic carbocycles. The molecular formula is C13H9F2N3. The Balaban J connectivity index is 2.36. The van der Waals surface area contributed by atoms with E-state index in [1.54, 1.807) is 24.3 Å². The number of nitrogens with one attached hydrogen (secondary N) is 1. The van der Waals surface area contributed by atoms with Gasteiger partial charge in [0.2, 0.25) is 0 Å². The van der Waals surface area contributed by atoms with Gasteiger partial charge in [-0.25, -0.2) is 13.8 Å². The van der Waals surface area contributed by atoms with Gasteiger partial charge in [0, 0.05) is 5.69 Å². The molecule has 2 rings (SSSR count). The number of halogens is 2. The summed E-state index contributed by atoms with van der Waals surface area (Å²) in [7, 11) is 0. The first kappa shape index (κ1) is 12.0. The van der Waals surface area contributed by atoms with Crippen molar-refractivity contribution in [3.8, 4) is 6.07 Å². The monoisotopic (exact) mass is 245 g/mol. The Morgan fingerprint density at radius 2 is 1.83 bits per heavy atom. The van der Waals surface area contributed by atoms with Gasteiger partial charge in [0.15, 0.2) is 0 Å². The van der Waals surface area contributed by atoms with Gasteiger partial charge in [-0.05, 0) is 24.3 Å². The van der Waals surface area contributed by atoms with Crippen LogP contribution in [-0.2, 0) is 0 Å². The van der Waals surface area contributed by atoms with E-state index >= 15 is 0 Å². The van der Waals surface area contributed by atoms with Crippen molar-refractivity contribution in [2.24, 2.45) is 0 Å². The number of anilines is 2. The SMILES string of the molecule is N#Cc1ccc(C(F)F)nc1Nc1ccccc1. The highest BCUT2D eigenvalue weighted by Gasteiger charge is 2.12. The molecule has 0 unspecified atom stereocenters. The second-order valence-corrected chi connectivity index (χ2v) is 3.54. The number of pyridine rings is 1. The maximum atomic E-state index is 12.5. The van der Waals surface area contributed by atoms with Crippen molar-refractivity contribution in [2.75, 3.05) is 5.32 Å². The summed E-state index contributed by atoms with van der Waals surface area (Å²) in [4.78, 5) is 3.75. The van der Waals surface area contributed by atoms with Crippen LogP contribution in [0.4, 0.5) is 20.3 Å². The molecule has 0 aliphatic heterocycles. The predicted molar refractivity (Wildman–Crippen MR) is 63.6 cm³/mol. The molecule has 18 heavy (non-hydrogen) atoms. The minimum absolute atomic E-state index is 0.140. The number of benzene rings is 1. The van der Waals surface area contributed by atoms with Gasteiger partial charge in [-0.15, -0.1) is 0 Å². The van der Waals surface area contributed by atoms with E-state index in [-0.39, 0.29) is 17.1 Å². The molecule has 3 nitrogen and oxygen atoms in total. The first-order valence-corrected chi connectivity index (χ1v) is 5.22. The van der Waals surface area contributed by atoms with Crippen molar-refractivity contribution in [3.05, 3.63) is 53.7 Å². The van der Waals surface area contributed by atoms with Crippen molar-refractivity contribution in [2.45, 2.75) is 6.43 Å². The average Bonchev–Trinajstić information content (AvgIpc) is 2.39. The quantitative estimate of drug-likeness (QED) is 0.898. The molecule has 0 atom stereocenters. The second-order valence-electron chi connectivity index (χ2n) is 3.54. The standard InChI is InChI=1S/C13H9F2N3/c14-12(15)11-7-6-9(8-16)13(18-11)17-10-4-2-1-3-5-10/h1-7,12H,(H,17,18). The van der Waals surface area contributed by atoms with Crippen LogP contribution in [-0.4, -0.2) is 4.98 Å². The number of nitrogens with zero attached hydrogens (tertiary/aromatic N) is 2. The van der Waals surface area contributed by atoms with Gasteiger partial charge in [-0.1, -0.05) is 18.2 Å². The van der Waals surface area contributed by atoms with Crippen LogP contribution < -0.4 is 5.32 Å². The molecule has 0 aliphatic rings. The lowest BCUT2D eigenvalue weighted by Crippen LogP contribution is -2.00. The lowest BCUT2D eigenvalue weighted by atomic mass is 10.2. The number of aromatic nitrogens is 1. The Bertz CT molecular complexity index is 577. The minimum Gasteiger partial charge on any atom is -0.339 e. The topological polar surface area (TPSA) is 48.7 Å². The molecule has 0 spiro atoms. The molecule has 0 bridgehead atoms. The molecule has 0 saturated carbocycles. The fraction of sp³-hybridized carbons (Fsp3) is 0.0769. The molecular weight excluding hydrogens is 236 g/mol. The average molecular weight is 245 g/mol. The summed E-state index contributed by atoms with van der Waals surface area (Å²) in [5, 5.41) is 11.8. The van der Waals surface area contributed by atoms with Crippen LogP contribution in [0.1, 0.15) is 17.7 Å². The van der Waals surface area contributed by atoms with Gasteiger partial charge in [-0.3, -0.25) is 0 Å². The summed E-state index contributed by atoms with van der Waals surface area (Å²) in [5.41, 5.74) is 0.559. The highest BCUT2D eigenvalue weighted by Crippen LogP contribution is 2.23. The summed E-state index contributed by atoms with van der Waals surface area (Å²) in [5.74, 6) is 0.140. The number of para-hydroxylation sites is 1. The molecule has 0 radical (unpaired) electrons. The molecule has 5 heteroatoms. The van der Waals surface area contributed by atoms with E-state index < -0.39 is 6.43 Å². The van der Waals surface area contributed by atoms with Gasteiger partial charge >= 0.3 is 0 Å². The van der Waals surface area contributed by atoms with E-state index in [1.165, 1.54) is 6.07 Å². The van der Waals surface area contributed by atoms with Crippen LogP contribution in [0.2, 0.25) is 0 Å². The van der Waals surface area contributed by atoms with E-state index in [9.17, 15) is 8.78 Å². The maximum Gasteiger partial charge on any atom is 0.280 e. The van der Waals surface area contributed by atoms with E-state index in [1.807, 2.05) is 12.1 Å². The van der Waals surface area contributed by atoms with Crippen molar-refractivity contribution in [3.63, 3.8) is 0 Å². The highest BCUT2D eigenvalue weighted by atomic mass is 19.3. The third-order valence-electron chi connectivity index (χ3n) is 2.30. The largest absolute Gasteiger partial charge is 0.339 e. The van der Waals surface area contributed by atoms with E-state index in [2.05, 4.69) is 10.3 Å². The van der Waals surface area contributed by atoms with Gasteiger partial charge in [0.25, 0.3) is 6.43 Å². The minimum atomic E-state index is -2.66. The summed E-state index contributed by atoms with van der Waals surface area (Å²) in [6, 6.07) is 13.3. The van der Waals surface area contributed by atoms with Crippen molar-refractivity contribution < 1.29 is 8.78 Å². The zero-order valence-corrected chi connectivity index (χ0v) is 9.27. The van der Waals surface area contributed by atoms with Crippen LogP contribution in [0.25, 0.3) is 0 Å². The molecule has 0 amide bonds. The molecule has 90 valence electrons. The summed E-state index contributed by atoms with van der Waals surface area (Å²) >= 11 is 0. The van der Waals surface area contributed by atoms with Gasteiger partial charge in [0.05, 0.1) is 5.56 Å². The smallest absolute Gasteiger partial charge is 0.280 e. The fourth-order valence-electron chi connectivity index (χ4n) is 1.44. The molecule has 2 aromatic rings. The van der Waals surface area contributed by atoms with Gasteiger partial charge in [-0.2, -0.15) is 5.26 Å². The van der Waals surface area contributed by atoms with Crippen LogP contribution >= 0.6 is 0 Å². The first-order chi connectivity index (χ1) is 8.70. The van der Waals surface area contributed by atoms with Crippen LogP contribution in [0.15, 0.2) is 42.5 Å². The fourth-order valence-corrected chi connectivity index (χ4v) is 1.44. The van der Waals surface area contributed by atoms with E-state index in [0.717, 1.165) is 6.07 Å². The predicted octanol–water partition coefficient (Wildman–Crippen LogP) is 3.63. The Kier molecular flexibility index (Phi) is 3.49. The van der Waals surface area contributed by atoms with E-state index in [0.29, 0.717) is 5.69 Å². The van der Waals surface area contributed by atoms with Crippen molar-refractivity contribution in [1.82, 2.24) is 4.98 Å². The Hall–Kier alpha value is -2.48. The number of alkyl halides is 2. The molecule has 0 fully saturated rings. The normalized spacial score (nSPS) is 10.1. The zero-order chi connectivity index (χ0) is 13.0. The van der Waals surface area contributed by atoms with Gasteiger partial charge in [0.1, 0.15) is 17.6 Å². The van der Waals surface area contributed by atoms with E-state index in [4.69, 9.17) is 5.26 Å². The molecule has 1 N–H and O–H groups in total. The summed E-state index contributed by atoms with van der Waals surface area (Å²) in [6.07, 6.45) is -2.66. The third-order valence-corrected chi connectivity index (χ3v) is 2.30. The highest BCUT2D eigenvalue weighted by molar-refractivity contribution is 5.62. The second kappa shape index (κ2) is 5.23. The third kappa shape index (κ3) is 2.61. The van der Waals surface area contributed by atoms with Crippen LogP contribution in [0.5, 0.6) is 0 Å². The first-order valence-electron chi connectivity index (χ1n) is 5.22. The van der Waals surface area contributed by atoms with Gasteiger partial charge < -0.3 is 5.32 Å². The molecule has 1 heterocycles. The lowest BCUT2D eigenvalue weighted by molar-refractivity contribution is 0.146. The Morgan fingerprint density at radius 1 is 1.11 bits per heavy atom. The van der Waals surface area contributed by atoms with Crippen LogP contribution in [0, 0.1) is 11.3 Å². The lowest BCUT2D eigenvalue weighted by Gasteiger charge is -2.08. The number of rotatable bonds is 3. The summed E-state index contributed by atoms with van der Waals surface area (Å²) in [6.45, 7) is 0. The number of hydrogen-bond donors (Lipinski definition) is 1. The number of hydrogen-bond acceptors (Lipinski definition) is 3. The summed E-state index contributed by atoms with van der Waals surface area (Å²) < 4.78 is 25.1.